The van der Waals surface area contributed by atoms with Crippen molar-refractivity contribution in [2.24, 2.45) is 5.92 Å². The fourth-order valence-corrected chi connectivity index (χ4v) is 3.31. The van der Waals surface area contributed by atoms with Crippen LogP contribution in [-0.2, 0) is 14.3 Å². The van der Waals surface area contributed by atoms with Gasteiger partial charge in [0.1, 0.15) is 0 Å². The topological polar surface area (TPSA) is 103 Å². The molecule has 1 fully saturated rings. The monoisotopic (exact) mass is 418 g/mol. The van der Waals surface area contributed by atoms with Crippen molar-refractivity contribution in [1.82, 2.24) is 10.6 Å². The Bertz CT molecular complexity index is 777. The van der Waals surface area contributed by atoms with Crippen LogP contribution in [0.5, 0.6) is 11.5 Å². The van der Waals surface area contributed by atoms with Gasteiger partial charge in [0, 0.05) is 12.1 Å². The van der Waals surface area contributed by atoms with Crippen LogP contribution >= 0.6 is 0 Å². The molecule has 0 heterocycles. The normalized spacial score (nSPS) is 18.5. The van der Waals surface area contributed by atoms with Gasteiger partial charge >= 0.3 is 12.0 Å². The van der Waals surface area contributed by atoms with Crippen LogP contribution in [0.15, 0.2) is 24.3 Å². The summed E-state index contributed by atoms with van der Waals surface area (Å²) in [5.74, 6) is 0.158. The summed E-state index contributed by atoms with van der Waals surface area (Å²) < 4.78 is 15.6. The van der Waals surface area contributed by atoms with E-state index in [0.717, 1.165) is 25.7 Å². The number of nitrogens with one attached hydrogen (secondary N) is 2. The lowest BCUT2D eigenvalue weighted by atomic mass is 9.86. The van der Waals surface area contributed by atoms with E-state index in [9.17, 15) is 14.4 Å². The van der Waals surface area contributed by atoms with Crippen LogP contribution in [0, 0.1) is 5.92 Å². The molecule has 2 rings (SSSR count). The number of esters is 1. The maximum atomic E-state index is 11.9. The fourth-order valence-electron chi connectivity index (χ4n) is 3.31. The zero-order valence-corrected chi connectivity index (χ0v) is 17.7. The number of rotatable bonds is 8. The molecule has 0 saturated heterocycles. The largest absolute Gasteiger partial charge is 0.493 e. The summed E-state index contributed by atoms with van der Waals surface area (Å²) in [5.41, 5.74) is 0.706. The highest BCUT2D eigenvalue weighted by Gasteiger charge is 2.23. The number of carbonyl (C=O) groups is 3. The summed E-state index contributed by atoms with van der Waals surface area (Å²) in [6.45, 7) is 3.93. The minimum atomic E-state index is -0.695. The van der Waals surface area contributed by atoms with E-state index >= 15 is 0 Å². The predicted octanol–water partition coefficient (Wildman–Crippen LogP) is 3.05. The van der Waals surface area contributed by atoms with E-state index in [1.807, 2.05) is 6.92 Å². The van der Waals surface area contributed by atoms with Gasteiger partial charge in [-0.1, -0.05) is 25.8 Å². The molecule has 0 aliphatic heterocycles. The molecule has 1 aliphatic rings. The third-order valence-corrected chi connectivity index (χ3v) is 4.93. The molecule has 0 aromatic heterocycles. The molecule has 0 radical (unpaired) electrons. The van der Waals surface area contributed by atoms with Gasteiger partial charge in [-0.15, -0.1) is 0 Å². The molecule has 0 spiro atoms. The minimum Gasteiger partial charge on any atom is -0.493 e. The van der Waals surface area contributed by atoms with Gasteiger partial charge in [-0.05, 0) is 49.5 Å². The number of urea groups is 1. The number of amides is 3. The Labute approximate surface area is 176 Å². The second-order valence-electron chi connectivity index (χ2n) is 7.17. The lowest BCUT2D eigenvalue weighted by Gasteiger charge is -2.29. The van der Waals surface area contributed by atoms with Gasteiger partial charge in [0.15, 0.2) is 18.1 Å². The summed E-state index contributed by atoms with van der Waals surface area (Å²) in [6.07, 6.45) is 6.92. The molecule has 2 atom stereocenters. The Morgan fingerprint density at radius 2 is 1.93 bits per heavy atom. The van der Waals surface area contributed by atoms with Crippen molar-refractivity contribution >= 4 is 24.0 Å². The fraction of sp³-hybridized carbons (Fsp3) is 0.500. The van der Waals surface area contributed by atoms with E-state index < -0.39 is 24.5 Å². The molecule has 164 valence electrons. The van der Waals surface area contributed by atoms with Gasteiger partial charge in [-0.25, -0.2) is 9.59 Å². The lowest BCUT2D eigenvalue weighted by molar-refractivity contribution is -0.143. The molecule has 1 aromatic carbocycles. The number of benzene rings is 1. The second-order valence-corrected chi connectivity index (χ2v) is 7.17. The van der Waals surface area contributed by atoms with Gasteiger partial charge < -0.3 is 19.5 Å². The van der Waals surface area contributed by atoms with Crippen molar-refractivity contribution < 1.29 is 28.6 Å². The third kappa shape index (κ3) is 7.42. The Hall–Kier alpha value is -3.03. The SMILES string of the molecule is CCOc1ccc(/C=C/C(=O)OCC(=O)NC(=O)N[C@H]2CCCC[C@H]2C)cc1OC. The molecule has 2 N–H and O–H groups in total. The Morgan fingerprint density at radius 3 is 2.63 bits per heavy atom. The van der Waals surface area contributed by atoms with Gasteiger partial charge in [0.05, 0.1) is 13.7 Å². The summed E-state index contributed by atoms with van der Waals surface area (Å²) >= 11 is 0. The first-order valence-electron chi connectivity index (χ1n) is 10.2. The molecule has 1 aromatic rings. The number of carbonyl (C=O) groups excluding carboxylic acids is 3. The van der Waals surface area contributed by atoms with E-state index in [1.54, 1.807) is 18.2 Å². The first-order chi connectivity index (χ1) is 14.4. The van der Waals surface area contributed by atoms with Crippen LogP contribution in [0.1, 0.15) is 45.1 Å². The molecule has 1 saturated carbocycles. The molecule has 0 bridgehead atoms. The molecule has 30 heavy (non-hydrogen) atoms. The third-order valence-electron chi connectivity index (χ3n) is 4.93. The molecular weight excluding hydrogens is 388 g/mol. The van der Waals surface area contributed by atoms with Crippen LogP contribution in [-0.4, -0.2) is 44.3 Å². The number of imide groups is 1. The van der Waals surface area contributed by atoms with Crippen molar-refractivity contribution in [3.05, 3.63) is 29.8 Å². The van der Waals surface area contributed by atoms with E-state index in [4.69, 9.17) is 14.2 Å². The van der Waals surface area contributed by atoms with E-state index in [-0.39, 0.29) is 6.04 Å². The van der Waals surface area contributed by atoms with Crippen molar-refractivity contribution in [3.63, 3.8) is 0 Å². The Kier molecular flexibility index (Phi) is 9.18. The number of hydrogen-bond donors (Lipinski definition) is 2. The summed E-state index contributed by atoms with van der Waals surface area (Å²) in [4.78, 5) is 35.6. The van der Waals surface area contributed by atoms with Crippen molar-refractivity contribution in [3.8, 4) is 11.5 Å². The van der Waals surface area contributed by atoms with Crippen molar-refractivity contribution in [2.45, 2.75) is 45.6 Å². The Balaban J connectivity index is 1.76. The minimum absolute atomic E-state index is 0.0585. The number of methoxy groups -OCH3 is 1. The number of ether oxygens (including phenoxy) is 3. The second kappa shape index (κ2) is 11.8. The zero-order chi connectivity index (χ0) is 21.9. The van der Waals surface area contributed by atoms with Gasteiger partial charge in [0.2, 0.25) is 0 Å². The van der Waals surface area contributed by atoms with Crippen LogP contribution in [0.3, 0.4) is 0 Å². The quantitative estimate of drug-likeness (QED) is 0.497. The first-order valence-corrected chi connectivity index (χ1v) is 10.2. The lowest BCUT2D eigenvalue weighted by Crippen LogP contribution is -2.48. The van der Waals surface area contributed by atoms with Crippen LogP contribution in [0.2, 0.25) is 0 Å². The summed E-state index contributed by atoms with van der Waals surface area (Å²) in [7, 11) is 1.53. The highest BCUT2D eigenvalue weighted by Crippen LogP contribution is 2.28. The molecule has 3 amide bonds. The van der Waals surface area contributed by atoms with Gasteiger partial charge in [0.25, 0.3) is 5.91 Å². The van der Waals surface area contributed by atoms with Crippen molar-refractivity contribution in [2.75, 3.05) is 20.3 Å². The smallest absolute Gasteiger partial charge is 0.331 e. The molecular formula is C22H30N2O6. The maximum Gasteiger partial charge on any atom is 0.331 e. The van der Waals surface area contributed by atoms with Gasteiger partial charge in [-0.2, -0.15) is 0 Å². The summed E-state index contributed by atoms with van der Waals surface area (Å²) in [5, 5.41) is 5.00. The standard InChI is InChI=1S/C22H30N2O6/c1-4-29-18-11-9-16(13-19(18)28-3)10-12-21(26)30-14-20(25)24-22(27)23-17-8-6-5-7-15(17)2/h9-13,15,17H,4-8,14H2,1-3H3,(H2,23,24,25,27)/b12-10+/t15-,17+/m1/s1. The van der Waals surface area contributed by atoms with Crippen LogP contribution in [0.4, 0.5) is 4.79 Å². The average Bonchev–Trinajstić information content (AvgIpc) is 2.73. The van der Waals surface area contributed by atoms with E-state index in [1.165, 1.54) is 19.3 Å². The van der Waals surface area contributed by atoms with Crippen LogP contribution < -0.4 is 20.1 Å². The molecule has 1 aliphatic carbocycles. The van der Waals surface area contributed by atoms with Gasteiger partial charge in [-0.3, -0.25) is 10.1 Å². The molecule has 8 heteroatoms. The highest BCUT2D eigenvalue weighted by molar-refractivity contribution is 5.96. The maximum absolute atomic E-state index is 11.9. The van der Waals surface area contributed by atoms with Crippen molar-refractivity contribution in [1.29, 1.82) is 0 Å². The van der Waals surface area contributed by atoms with E-state index in [0.29, 0.717) is 29.6 Å². The number of hydrogen-bond acceptors (Lipinski definition) is 6. The Morgan fingerprint density at radius 1 is 1.17 bits per heavy atom. The molecule has 0 unspecified atom stereocenters. The van der Waals surface area contributed by atoms with E-state index in [2.05, 4.69) is 17.6 Å². The average molecular weight is 418 g/mol. The predicted molar refractivity (Wildman–Crippen MR) is 112 cm³/mol. The first kappa shape index (κ1) is 23.3. The molecule has 8 nitrogen and oxygen atoms in total. The highest BCUT2D eigenvalue weighted by atomic mass is 16.5. The summed E-state index contributed by atoms with van der Waals surface area (Å²) in [6, 6.07) is 4.72. The van der Waals surface area contributed by atoms with Crippen LogP contribution in [0.25, 0.3) is 6.08 Å². The zero-order valence-electron chi connectivity index (χ0n) is 17.7.